The Bertz CT molecular complexity index is 624. The van der Waals surface area contributed by atoms with E-state index >= 15 is 0 Å². The molecule has 1 aliphatic rings. The first-order chi connectivity index (χ1) is 11.3. The molecule has 0 aliphatic carbocycles. The molecular weight excluding hydrogens is 284 g/mol. The number of likely N-dealkylation sites (N-methyl/N-ethyl adjacent to an activating group) is 1. The third-order valence-electron chi connectivity index (χ3n) is 4.60. The number of nitrogens with zero attached hydrogens (tertiary/aromatic N) is 3. The summed E-state index contributed by atoms with van der Waals surface area (Å²) < 4.78 is 0. The van der Waals surface area contributed by atoms with Crippen LogP contribution >= 0.6 is 0 Å². The van der Waals surface area contributed by atoms with Crippen molar-refractivity contribution in [3.8, 4) is 11.4 Å². The van der Waals surface area contributed by atoms with Crippen molar-refractivity contribution < 1.29 is 0 Å². The van der Waals surface area contributed by atoms with Crippen LogP contribution in [0.25, 0.3) is 11.4 Å². The number of hydrogen-bond acceptors (Lipinski definition) is 4. The van der Waals surface area contributed by atoms with E-state index in [0.29, 0.717) is 6.04 Å². The summed E-state index contributed by atoms with van der Waals surface area (Å²) >= 11 is 0. The summed E-state index contributed by atoms with van der Waals surface area (Å²) in [5.41, 5.74) is 3.45. The standard InChI is InChI=1S/C19H26N4/c1-3-23-9-5-8-18(23)14-20-11-16-12-21-19(22-13-16)17-7-4-6-15(2)10-17/h4,6-7,10,12-13,18,20H,3,5,8-9,11,14H2,1-2H3/t18-/m1/s1. The minimum Gasteiger partial charge on any atom is -0.311 e. The predicted octanol–water partition coefficient (Wildman–Crippen LogP) is 3.03. The van der Waals surface area contributed by atoms with Gasteiger partial charge in [-0.1, -0.05) is 30.7 Å². The van der Waals surface area contributed by atoms with Crippen LogP contribution in [0.3, 0.4) is 0 Å². The predicted molar refractivity (Wildman–Crippen MR) is 94.2 cm³/mol. The Labute approximate surface area is 139 Å². The van der Waals surface area contributed by atoms with Crippen LogP contribution in [0.5, 0.6) is 0 Å². The molecule has 1 aromatic carbocycles. The van der Waals surface area contributed by atoms with Crippen LogP contribution in [-0.2, 0) is 6.54 Å². The lowest BCUT2D eigenvalue weighted by molar-refractivity contribution is 0.260. The lowest BCUT2D eigenvalue weighted by atomic mass is 10.1. The van der Waals surface area contributed by atoms with Crippen molar-refractivity contribution >= 4 is 0 Å². The molecule has 1 atom stereocenters. The lowest BCUT2D eigenvalue weighted by Gasteiger charge is -2.22. The molecule has 0 spiro atoms. The van der Waals surface area contributed by atoms with Crippen LogP contribution in [0.15, 0.2) is 36.7 Å². The van der Waals surface area contributed by atoms with Crippen molar-refractivity contribution in [3.05, 3.63) is 47.8 Å². The van der Waals surface area contributed by atoms with Gasteiger partial charge in [-0.05, 0) is 38.9 Å². The van der Waals surface area contributed by atoms with E-state index in [0.717, 1.165) is 36.6 Å². The molecule has 0 saturated carbocycles. The molecule has 0 amide bonds. The Morgan fingerprint density at radius 1 is 1.26 bits per heavy atom. The molecule has 0 unspecified atom stereocenters. The molecule has 3 rings (SSSR count). The van der Waals surface area contributed by atoms with Gasteiger partial charge in [-0.2, -0.15) is 0 Å². The van der Waals surface area contributed by atoms with Crippen LogP contribution in [0.1, 0.15) is 30.9 Å². The van der Waals surface area contributed by atoms with E-state index < -0.39 is 0 Å². The maximum Gasteiger partial charge on any atom is 0.159 e. The molecule has 1 aromatic heterocycles. The van der Waals surface area contributed by atoms with Crippen molar-refractivity contribution in [1.29, 1.82) is 0 Å². The van der Waals surface area contributed by atoms with Crippen molar-refractivity contribution in [3.63, 3.8) is 0 Å². The maximum absolute atomic E-state index is 4.51. The largest absolute Gasteiger partial charge is 0.311 e. The topological polar surface area (TPSA) is 41.0 Å². The number of aromatic nitrogens is 2. The molecule has 23 heavy (non-hydrogen) atoms. The highest BCUT2D eigenvalue weighted by Gasteiger charge is 2.21. The van der Waals surface area contributed by atoms with E-state index in [9.17, 15) is 0 Å². The SMILES string of the molecule is CCN1CCC[C@@H]1CNCc1cnc(-c2cccc(C)c2)nc1. The van der Waals surface area contributed by atoms with Gasteiger partial charge in [0.2, 0.25) is 0 Å². The van der Waals surface area contributed by atoms with Gasteiger partial charge in [0, 0.05) is 42.7 Å². The number of aryl methyl sites for hydroxylation is 1. The highest BCUT2D eigenvalue weighted by atomic mass is 15.2. The first-order valence-electron chi connectivity index (χ1n) is 8.59. The van der Waals surface area contributed by atoms with Gasteiger partial charge in [0.1, 0.15) is 0 Å². The molecule has 4 heteroatoms. The lowest BCUT2D eigenvalue weighted by Crippen LogP contribution is -2.37. The van der Waals surface area contributed by atoms with Crippen LogP contribution in [-0.4, -0.2) is 40.5 Å². The zero-order valence-electron chi connectivity index (χ0n) is 14.1. The van der Waals surface area contributed by atoms with E-state index in [1.807, 2.05) is 18.5 Å². The molecule has 4 nitrogen and oxygen atoms in total. The van der Waals surface area contributed by atoms with Crippen molar-refractivity contribution in [2.75, 3.05) is 19.6 Å². The molecule has 1 N–H and O–H groups in total. The average Bonchev–Trinajstić information content (AvgIpc) is 3.03. The third kappa shape index (κ3) is 4.15. The highest BCUT2D eigenvalue weighted by molar-refractivity contribution is 5.55. The molecule has 1 fully saturated rings. The van der Waals surface area contributed by atoms with Crippen molar-refractivity contribution in [1.82, 2.24) is 20.2 Å². The second kappa shape index (κ2) is 7.66. The van der Waals surface area contributed by atoms with Crippen LogP contribution in [0.2, 0.25) is 0 Å². The van der Waals surface area contributed by atoms with Gasteiger partial charge in [0.25, 0.3) is 0 Å². The van der Waals surface area contributed by atoms with E-state index in [2.05, 4.69) is 52.2 Å². The summed E-state index contributed by atoms with van der Waals surface area (Å²) in [7, 11) is 0. The molecule has 0 radical (unpaired) electrons. The highest BCUT2D eigenvalue weighted by Crippen LogP contribution is 2.17. The zero-order chi connectivity index (χ0) is 16.1. The second-order valence-corrected chi connectivity index (χ2v) is 6.34. The second-order valence-electron chi connectivity index (χ2n) is 6.34. The van der Waals surface area contributed by atoms with E-state index in [1.54, 1.807) is 0 Å². The minimum absolute atomic E-state index is 0.687. The van der Waals surface area contributed by atoms with Gasteiger partial charge in [-0.25, -0.2) is 9.97 Å². The van der Waals surface area contributed by atoms with E-state index in [1.165, 1.54) is 24.9 Å². The van der Waals surface area contributed by atoms with Gasteiger partial charge in [0.15, 0.2) is 5.82 Å². The fourth-order valence-corrected chi connectivity index (χ4v) is 3.31. The summed E-state index contributed by atoms with van der Waals surface area (Å²) in [6.07, 6.45) is 6.51. The number of hydrogen-bond donors (Lipinski definition) is 1. The van der Waals surface area contributed by atoms with Crippen molar-refractivity contribution in [2.24, 2.45) is 0 Å². The first kappa shape index (κ1) is 16.1. The van der Waals surface area contributed by atoms with Crippen molar-refractivity contribution in [2.45, 2.75) is 39.3 Å². The van der Waals surface area contributed by atoms with Crippen LogP contribution in [0, 0.1) is 6.92 Å². The summed E-state index contributed by atoms with van der Waals surface area (Å²) in [5, 5.41) is 3.55. The Hall–Kier alpha value is -1.78. The summed E-state index contributed by atoms with van der Waals surface area (Å²) in [5.74, 6) is 0.797. The fourth-order valence-electron chi connectivity index (χ4n) is 3.31. The summed E-state index contributed by atoms with van der Waals surface area (Å²) in [6.45, 7) is 8.62. The first-order valence-corrected chi connectivity index (χ1v) is 8.59. The molecule has 2 heterocycles. The van der Waals surface area contributed by atoms with Gasteiger partial charge in [-0.15, -0.1) is 0 Å². The molecule has 1 saturated heterocycles. The smallest absolute Gasteiger partial charge is 0.159 e. The molecule has 2 aromatic rings. The average molecular weight is 310 g/mol. The zero-order valence-corrected chi connectivity index (χ0v) is 14.1. The normalized spacial score (nSPS) is 18.4. The Balaban J connectivity index is 1.53. The Morgan fingerprint density at radius 2 is 2.09 bits per heavy atom. The summed E-state index contributed by atoms with van der Waals surface area (Å²) in [4.78, 5) is 11.6. The monoisotopic (exact) mass is 310 g/mol. The third-order valence-corrected chi connectivity index (χ3v) is 4.60. The molecule has 122 valence electrons. The maximum atomic E-state index is 4.51. The fraction of sp³-hybridized carbons (Fsp3) is 0.474. The molecule has 0 bridgehead atoms. The van der Waals surface area contributed by atoms with Gasteiger partial charge in [-0.3, -0.25) is 4.90 Å². The number of rotatable bonds is 6. The number of likely N-dealkylation sites (tertiary alicyclic amines) is 1. The van der Waals surface area contributed by atoms with E-state index in [-0.39, 0.29) is 0 Å². The van der Waals surface area contributed by atoms with Gasteiger partial charge < -0.3 is 5.32 Å². The minimum atomic E-state index is 0.687. The Kier molecular flexibility index (Phi) is 5.36. The van der Waals surface area contributed by atoms with Crippen LogP contribution in [0.4, 0.5) is 0 Å². The summed E-state index contributed by atoms with van der Waals surface area (Å²) in [6, 6.07) is 8.99. The van der Waals surface area contributed by atoms with Crippen LogP contribution < -0.4 is 5.32 Å². The molecular formula is C19H26N4. The Morgan fingerprint density at radius 3 is 2.83 bits per heavy atom. The number of nitrogens with one attached hydrogen (secondary N) is 1. The van der Waals surface area contributed by atoms with E-state index in [4.69, 9.17) is 0 Å². The van der Waals surface area contributed by atoms with Gasteiger partial charge in [0.05, 0.1) is 0 Å². The quantitative estimate of drug-likeness (QED) is 0.890. The molecule has 1 aliphatic heterocycles. The number of benzene rings is 1. The van der Waals surface area contributed by atoms with Gasteiger partial charge >= 0.3 is 0 Å².